The maximum atomic E-state index is 12.5. The highest BCUT2D eigenvalue weighted by molar-refractivity contribution is 7.15. The first-order valence-corrected chi connectivity index (χ1v) is 10.6. The normalized spacial score (nSPS) is 15.5. The first-order valence-electron chi connectivity index (χ1n) is 9.80. The standard InChI is InChI=1S/C22H20N4O5S/c1-13(27)31-18-7-3-14(4-8-18)20(29)23-22-25-24-21(32-22)15-11-19(28)26(12-15)16-5-9-17(30-2)10-6-16/h3-10,15H,11-12H2,1-2H3,(H,23,25,29). The zero-order valence-corrected chi connectivity index (χ0v) is 18.2. The van der Waals surface area contributed by atoms with Crippen molar-refractivity contribution in [1.29, 1.82) is 0 Å². The Morgan fingerprint density at radius 3 is 2.41 bits per heavy atom. The molecule has 1 saturated heterocycles. The third-order valence-corrected chi connectivity index (χ3v) is 5.90. The number of carbonyl (C=O) groups is 3. The molecule has 1 aliphatic heterocycles. The van der Waals surface area contributed by atoms with E-state index in [2.05, 4.69) is 15.5 Å². The number of esters is 1. The van der Waals surface area contributed by atoms with E-state index in [4.69, 9.17) is 9.47 Å². The fraction of sp³-hybridized carbons (Fsp3) is 0.227. The van der Waals surface area contributed by atoms with Crippen LogP contribution in [-0.4, -0.2) is 41.6 Å². The third kappa shape index (κ3) is 4.75. The van der Waals surface area contributed by atoms with Gasteiger partial charge in [0, 0.05) is 37.1 Å². The SMILES string of the molecule is COc1ccc(N2CC(c3nnc(NC(=O)c4ccc(OC(C)=O)cc4)s3)CC2=O)cc1. The highest BCUT2D eigenvalue weighted by atomic mass is 32.1. The molecule has 3 aromatic rings. The maximum absolute atomic E-state index is 12.5. The molecule has 0 bridgehead atoms. The van der Waals surface area contributed by atoms with Gasteiger partial charge >= 0.3 is 5.97 Å². The van der Waals surface area contributed by atoms with E-state index in [1.54, 1.807) is 36.3 Å². The van der Waals surface area contributed by atoms with Gasteiger partial charge < -0.3 is 14.4 Å². The molecule has 1 aliphatic rings. The Hall–Kier alpha value is -3.79. The van der Waals surface area contributed by atoms with Crippen LogP contribution < -0.4 is 19.7 Å². The number of nitrogens with one attached hydrogen (secondary N) is 1. The lowest BCUT2D eigenvalue weighted by atomic mass is 10.1. The van der Waals surface area contributed by atoms with Crippen molar-refractivity contribution in [2.45, 2.75) is 19.3 Å². The van der Waals surface area contributed by atoms with E-state index in [0.29, 0.717) is 34.4 Å². The average molecular weight is 452 g/mol. The van der Waals surface area contributed by atoms with Crippen LogP contribution in [0.2, 0.25) is 0 Å². The molecule has 4 rings (SSSR count). The first-order chi connectivity index (χ1) is 15.4. The summed E-state index contributed by atoms with van der Waals surface area (Å²) in [6.07, 6.45) is 0.326. The van der Waals surface area contributed by atoms with Gasteiger partial charge in [0.05, 0.1) is 7.11 Å². The predicted molar refractivity (Wildman–Crippen MR) is 118 cm³/mol. The van der Waals surface area contributed by atoms with Crippen LogP contribution in [-0.2, 0) is 9.59 Å². The predicted octanol–water partition coefficient (Wildman–Crippen LogP) is 3.24. The molecule has 2 aromatic carbocycles. The van der Waals surface area contributed by atoms with Crippen LogP contribution in [0.1, 0.15) is 34.6 Å². The minimum Gasteiger partial charge on any atom is -0.497 e. The van der Waals surface area contributed by atoms with Crippen LogP contribution in [0.5, 0.6) is 11.5 Å². The van der Waals surface area contributed by atoms with Gasteiger partial charge in [-0.2, -0.15) is 0 Å². The summed E-state index contributed by atoms with van der Waals surface area (Å²) in [6, 6.07) is 13.5. The molecule has 1 atom stereocenters. The summed E-state index contributed by atoms with van der Waals surface area (Å²) < 4.78 is 10.1. The lowest BCUT2D eigenvalue weighted by molar-refractivity contribution is -0.131. The monoisotopic (exact) mass is 452 g/mol. The summed E-state index contributed by atoms with van der Waals surface area (Å²) in [4.78, 5) is 37.7. The number of anilines is 2. The fourth-order valence-corrected chi connectivity index (χ4v) is 4.17. The zero-order valence-electron chi connectivity index (χ0n) is 17.4. The number of amides is 2. The molecule has 0 aliphatic carbocycles. The Bertz CT molecular complexity index is 1140. The summed E-state index contributed by atoms with van der Waals surface area (Å²) in [5.74, 6) is 0.204. The van der Waals surface area contributed by atoms with Gasteiger partial charge in [0.2, 0.25) is 11.0 Å². The molecule has 0 spiro atoms. The number of hydrogen-bond acceptors (Lipinski definition) is 8. The Morgan fingerprint density at radius 1 is 1.06 bits per heavy atom. The molecule has 9 nitrogen and oxygen atoms in total. The number of methoxy groups -OCH3 is 1. The minimum absolute atomic E-state index is 0.00817. The molecule has 0 radical (unpaired) electrons. The van der Waals surface area contributed by atoms with Gasteiger partial charge in [-0.05, 0) is 48.5 Å². The Balaban J connectivity index is 1.39. The Morgan fingerprint density at radius 2 is 1.75 bits per heavy atom. The van der Waals surface area contributed by atoms with Gasteiger partial charge in [0.1, 0.15) is 16.5 Å². The van der Waals surface area contributed by atoms with Gasteiger partial charge in [-0.15, -0.1) is 10.2 Å². The number of benzene rings is 2. The van der Waals surface area contributed by atoms with Crippen molar-refractivity contribution in [3.63, 3.8) is 0 Å². The van der Waals surface area contributed by atoms with Crippen molar-refractivity contribution in [1.82, 2.24) is 10.2 Å². The van der Waals surface area contributed by atoms with Crippen LogP contribution in [0.3, 0.4) is 0 Å². The van der Waals surface area contributed by atoms with Crippen molar-refractivity contribution in [2.24, 2.45) is 0 Å². The van der Waals surface area contributed by atoms with Gasteiger partial charge in [0.25, 0.3) is 5.91 Å². The molecular weight excluding hydrogens is 432 g/mol. The second-order valence-corrected chi connectivity index (χ2v) is 8.13. The second kappa shape index (κ2) is 9.15. The van der Waals surface area contributed by atoms with Gasteiger partial charge in [-0.3, -0.25) is 19.7 Å². The van der Waals surface area contributed by atoms with Crippen molar-refractivity contribution in [3.05, 3.63) is 59.1 Å². The van der Waals surface area contributed by atoms with Gasteiger partial charge in [0.15, 0.2) is 0 Å². The highest BCUT2D eigenvalue weighted by Crippen LogP contribution is 2.34. The summed E-state index contributed by atoms with van der Waals surface area (Å²) >= 11 is 1.25. The highest BCUT2D eigenvalue weighted by Gasteiger charge is 2.34. The summed E-state index contributed by atoms with van der Waals surface area (Å²) in [5, 5.41) is 12.0. The summed E-state index contributed by atoms with van der Waals surface area (Å²) in [6.45, 7) is 1.80. The second-order valence-electron chi connectivity index (χ2n) is 7.12. The molecule has 32 heavy (non-hydrogen) atoms. The number of ether oxygens (including phenoxy) is 2. The lowest BCUT2D eigenvalue weighted by Gasteiger charge is -2.16. The molecule has 1 aromatic heterocycles. The first kappa shape index (κ1) is 21.4. The van der Waals surface area contributed by atoms with E-state index in [0.717, 1.165) is 11.4 Å². The van der Waals surface area contributed by atoms with Crippen molar-refractivity contribution in [3.8, 4) is 11.5 Å². The maximum Gasteiger partial charge on any atom is 0.308 e. The quantitative estimate of drug-likeness (QED) is 0.451. The van der Waals surface area contributed by atoms with E-state index in [1.165, 1.54) is 18.3 Å². The number of hydrogen-bond donors (Lipinski definition) is 1. The van der Waals surface area contributed by atoms with Gasteiger partial charge in [-0.25, -0.2) is 0 Å². The van der Waals surface area contributed by atoms with Crippen LogP contribution >= 0.6 is 11.3 Å². The number of carbonyl (C=O) groups excluding carboxylic acids is 3. The molecule has 1 fully saturated rings. The van der Waals surface area contributed by atoms with E-state index >= 15 is 0 Å². The number of rotatable bonds is 6. The summed E-state index contributed by atoms with van der Waals surface area (Å²) in [5.41, 5.74) is 1.19. The topological polar surface area (TPSA) is 111 Å². The molecule has 1 N–H and O–H groups in total. The molecule has 164 valence electrons. The van der Waals surface area contributed by atoms with E-state index in [-0.39, 0.29) is 17.7 Å². The Kier molecular flexibility index (Phi) is 6.13. The molecule has 0 saturated carbocycles. The van der Waals surface area contributed by atoms with Crippen LogP contribution in [0.15, 0.2) is 48.5 Å². The van der Waals surface area contributed by atoms with Crippen LogP contribution in [0, 0.1) is 0 Å². The smallest absolute Gasteiger partial charge is 0.308 e. The third-order valence-electron chi connectivity index (χ3n) is 4.90. The average Bonchev–Trinajstić information content (AvgIpc) is 3.40. The largest absolute Gasteiger partial charge is 0.497 e. The van der Waals surface area contributed by atoms with Gasteiger partial charge in [-0.1, -0.05) is 11.3 Å². The molecule has 10 heteroatoms. The molecular formula is C22H20N4O5S. The van der Waals surface area contributed by atoms with Crippen LogP contribution in [0.4, 0.5) is 10.8 Å². The van der Waals surface area contributed by atoms with Crippen molar-refractivity contribution in [2.75, 3.05) is 23.9 Å². The van der Waals surface area contributed by atoms with Crippen molar-refractivity contribution < 1.29 is 23.9 Å². The summed E-state index contributed by atoms with van der Waals surface area (Å²) in [7, 11) is 1.59. The van der Waals surface area contributed by atoms with E-state index < -0.39 is 5.97 Å². The molecule has 2 heterocycles. The lowest BCUT2D eigenvalue weighted by Crippen LogP contribution is -2.24. The van der Waals surface area contributed by atoms with Crippen LogP contribution in [0.25, 0.3) is 0 Å². The number of nitrogens with zero attached hydrogens (tertiary/aromatic N) is 3. The Labute approximate surface area is 188 Å². The molecule has 1 unspecified atom stereocenters. The molecule has 2 amide bonds. The van der Waals surface area contributed by atoms with E-state index in [9.17, 15) is 14.4 Å². The fourth-order valence-electron chi connectivity index (χ4n) is 3.34. The van der Waals surface area contributed by atoms with Crippen molar-refractivity contribution >= 4 is 39.9 Å². The minimum atomic E-state index is -0.431. The zero-order chi connectivity index (χ0) is 22.7. The van der Waals surface area contributed by atoms with E-state index in [1.807, 2.05) is 24.3 Å². The number of aromatic nitrogens is 2.